The molecule has 11 heteroatoms. The Morgan fingerprint density at radius 2 is 2.08 bits per heavy atom. The van der Waals surface area contributed by atoms with Gasteiger partial charge in [-0.05, 0) is 57.4 Å². The first kappa shape index (κ1) is 28.4. The van der Waals surface area contributed by atoms with Crippen LogP contribution in [0.2, 0.25) is 5.02 Å². The lowest BCUT2D eigenvalue weighted by molar-refractivity contribution is -0.0575. The summed E-state index contributed by atoms with van der Waals surface area (Å²) < 4.78 is 20.8. The summed E-state index contributed by atoms with van der Waals surface area (Å²) in [7, 11) is 0. The maximum atomic E-state index is 15.0. The number of nitrogens with zero attached hydrogens (tertiary/aromatic N) is 1. The summed E-state index contributed by atoms with van der Waals surface area (Å²) in [5.74, 6) is -1.16. The molecule has 6 N–H and O–H groups in total. The molecule has 2 heterocycles. The predicted molar refractivity (Wildman–Crippen MR) is 134 cm³/mol. The fourth-order valence-electron chi connectivity index (χ4n) is 5.25. The van der Waals surface area contributed by atoms with Crippen molar-refractivity contribution in [2.24, 2.45) is 11.7 Å². The summed E-state index contributed by atoms with van der Waals surface area (Å²) in [6.45, 7) is 1.91. The number of urea groups is 1. The molecule has 1 unspecified atom stereocenters. The van der Waals surface area contributed by atoms with Crippen LogP contribution in [0.15, 0.2) is 18.2 Å². The van der Waals surface area contributed by atoms with Gasteiger partial charge in [-0.25, -0.2) is 14.0 Å². The third kappa shape index (κ3) is 7.68. The molecule has 202 valence electrons. The van der Waals surface area contributed by atoms with Crippen LogP contribution in [-0.4, -0.2) is 72.2 Å². The van der Waals surface area contributed by atoms with Gasteiger partial charge in [-0.1, -0.05) is 23.7 Å². The van der Waals surface area contributed by atoms with Crippen molar-refractivity contribution >= 4 is 23.7 Å². The standard InChI is InChI=1S/C25H38ClFN4O5/c26-21-9-3-8-20(22(21)27)25(35,10-5-11-29-24(33)34)17-6-4-12-31(16-17)23(32)30-15-18(28)14-19-7-1-2-13-36-19/h3,8-9,17-19,29,35H,1-2,4-7,10-16,28H2,(H,30,32)(H,33,34)/t17-,18-,19?,25+/m1/s1. The molecule has 3 amide bonds. The fourth-order valence-corrected chi connectivity index (χ4v) is 5.42. The number of carbonyl (C=O) groups is 2. The lowest BCUT2D eigenvalue weighted by atomic mass is 9.74. The molecule has 3 rings (SSSR count). The van der Waals surface area contributed by atoms with Gasteiger partial charge in [0.2, 0.25) is 0 Å². The Labute approximate surface area is 216 Å². The van der Waals surface area contributed by atoms with Crippen molar-refractivity contribution in [1.82, 2.24) is 15.5 Å². The molecule has 36 heavy (non-hydrogen) atoms. The first-order chi connectivity index (χ1) is 17.2. The molecule has 0 aromatic heterocycles. The zero-order chi connectivity index (χ0) is 26.1. The zero-order valence-corrected chi connectivity index (χ0v) is 21.3. The highest BCUT2D eigenvalue weighted by atomic mass is 35.5. The van der Waals surface area contributed by atoms with Gasteiger partial charge in [0.1, 0.15) is 5.82 Å². The molecular formula is C25H38ClFN4O5. The Bertz CT molecular complexity index is 888. The van der Waals surface area contributed by atoms with Crippen LogP contribution < -0.4 is 16.4 Å². The van der Waals surface area contributed by atoms with Crippen molar-refractivity contribution in [1.29, 1.82) is 0 Å². The van der Waals surface area contributed by atoms with E-state index in [1.807, 2.05) is 0 Å². The second-order valence-corrected chi connectivity index (χ2v) is 10.2. The van der Waals surface area contributed by atoms with Gasteiger partial charge < -0.3 is 36.2 Å². The number of carboxylic acid groups (broad SMARTS) is 1. The molecule has 0 spiro atoms. The maximum Gasteiger partial charge on any atom is 0.404 e. The molecule has 0 radical (unpaired) electrons. The van der Waals surface area contributed by atoms with Gasteiger partial charge in [0.05, 0.1) is 16.7 Å². The second kappa shape index (κ2) is 13.4. The van der Waals surface area contributed by atoms with Gasteiger partial charge in [0.25, 0.3) is 0 Å². The molecule has 1 aromatic rings. The van der Waals surface area contributed by atoms with Gasteiger partial charge in [-0.3, -0.25) is 0 Å². The molecule has 0 saturated carbocycles. The summed E-state index contributed by atoms with van der Waals surface area (Å²) in [6.07, 6.45) is 4.43. The number of rotatable bonds is 10. The Kier molecular flexibility index (Phi) is 10.6. The van der Waals surface area contributed by atoms with Gasteiger partial charge in [-0.15, -0.1) is 0 Å². The first-order valence-electron chi connectivity index (χ1n) is 12.7. The van der Waals surface area contributed by atoms with E-state index in [1.54, 1.807) is 11.0 Å². The van der Waals surface area contributed by atoms with Crippen LogP contribution >= 0.6 is 11.6 Å². The predicted octanol–water partition coefficient (Wildman–Crippen LogP) is 3.42. The minimum absolute atomic E-state index is 0.0621. The molecule has 2 fully saturated rings. The van der Waals surface area contributed by atoms with Gasteiger partial charge in [0, 0.05) is 50.3 Å². The number of aliphatic hydroxyl groups is 1. The van der Waals surface area contributed by atoms with Gasteiger partial charge in [-0.2, -0.15) is 0 Å². The highest BCUT2D eigenvalue weighted by molar-refractivity contribution is 6.30. The average Bonchev–Trinajstić information content (AvgIpc) is 2.87. The molecular weight excluding hydrogens is 491 g/mol. The summed E-state index contributed by atoms with van der Waals surface area (Å²) in [4.78, 5) is 25.4. The largest absolute Gasteiger partial charge is 0.465 e. The molecule has 4 atom stereocenters. The summed E-state index contributed by atoms with van der Waals surface area (Å²) in [6, 6.07) is 3.98. The highest BCUT2D eigenvalue weighted by Crippen LogP contribution is 2.41. The Balaban J connectivity index is 1.64. The van der Waals surface area contributed by atoms with Crippen LogP contribution in [0.5, 0.6) is 0 Å². The lowest BCUT2D eigenvalue weighted by Gasteiger charge is -2.43. The van der Waals surface area contributed by atoms with E-state index in [2.05, 4.69) is 10.6 Å². The minimum atomic E-state index is -1.62. The van der Waals surface area contributed by atoms with E-state index in [-0.39, 0.29) is 54.7 Å². The van der Waals surface area contributed by atoms with Crippen LogP contribution in [0.4, 0.5) is 14.0 Å². The van der Waals surface area contributed by atoms with Gasteiger partial charge in [0.15, 0.2) is 0 Å². The van der Waals surface area contributed by atoms with E-state index < -0.39 is 23.4 Å². The SMILES string of the molecule is N[C@@H](CNC(=O)N1CCC[C@@H]([C@@](O)(CCCNC(=O)O)c2cccc(Cl)c2F)C1)CC1CCCCO1. The Hall–Kier alpha value is -2.14. The third-order valence-corrected chi connectivity index (χ3v) is 7.46. The van der Waals surface area contributed by atoms with Crippen LogP contribution in [0.3, 0.4) is 0 Å². The lowest BCUT2D eigenvalue weighted by Crippen LogP contribution is -2.52. The van der Waals surface area contributed by atoms with E-state index in [1.165, 1.54) is 12.1 Å². The normalized spacial score (nSPS) is 22.9. The van der Waals surface area contributed by atoms with E-state index in [0.29, 0.717) is 32.4 Å². The number of ether oxygens (including phenoxy) is 1. The molecule has 0 bridgehead atoms. The van der Waals surface area contributed by atoms with Crippen LogP contribution in [0.1, 0.15) is 56.9 Å². The van der Waals surface area contributed by atoms with Gasteiger partial charge >= 0.3 is 12.1 Å². The molecule has 0 aliphatic carbocycles. The minimum Gasteiger partial charge on any atom is -0.465 e. The third-order valence-electron chi connectivity index (χ3n) is 7.17. The smallest absolute Gasteiger partial charge is 0.404 e. The second-order valence-electron chi connectivity index (χ2n) is 9.82. The summed E-state index contributed by atoms with van der Waals surface area (Å²) >= 11 is 6.01. The van der Waals surface area contributed by atoms with E-state index in [4.69, 9.17) is 27.2 Å². The maximum absolute atomic E-state index is 15.0. The number of hydrogen-bond donors (Lipinski definition) is 5. The summed E-state index contributed by atoms with van der Waals surface area (Å²) in [5.41, 5.74) is 4.66. The Morgan fingerprint density at radius 1 is 1.28 bits per heavy atom. The van der Waals surface area contributed by atoms with Crippen molar-refractivity contribution in [3.05, 3.63) is 34.6 Å². The number of hydrogen-bond acceptors (Lipinski definition) is 5. The quantitative estimate of drug-likeness (QED) is 0.295. The number of nitrogens with one attached hydrogen (secondary N) is 2. The molecule has 1 aromatic carbocycles. The number of piperidine rings is 1. The molecule has 2 aliphatic heterocycles. The molecule has 2 saturated heterocycles. The molecule has 9 nitrogen and oxygen atoms in total. The van der Waals surface area contributed by atoms with Crippen molar-refractivity contribution in [3.63, 3.8) is 0 Å². The number of likely N-dealkylation sites (tertiary alicyclic amines) is 1. The topological polar surface area (TPSA) is 137 Å². The van der Waals surface area contributed by atoms with E-state index in [0.717, 1.165) is 25.9 Å². The Morgan fingerprint density at radius 3 is 2.81 bits per heavy atom. The monoisotopic (exact) mass is 528 g/mol. The van der Waals surface area contributed by atoms with Crippen molar-refractivity contribution in [2.75, 3.05) is 32.8 Å². The highest BCUT2D eigenvalue weighted by Gasteiger charge is 2.43. The van der Waals surface area contributed by atoms with E-state index in [9.17, 15) is 14.7 Å². The number of benzene rings is 1. The first-order valence-corrected chi connectivity index (χ1v) is 13.1. The molecule has 2 aliphatic rings. The van der Waals surface area contributed by atoms with Crippen molar-refractivity contribution < 1.29 is 28.9 Å². The number of halogens is 2. The number of carbonyl (C=O) groups excluding carboxylic acids is 1. The van der Waals surface area contributed by atoms with Crippen LogP contribution in [-0.2, 0) is 10.3 Å². The fraction of sp³-hybridized carbons (Fsp3) is 0.680. The summed E-state index contributed by atoms with van der Waals surface area (Å²) in [5, 5.41) is 25.7. The van der Waals surface area contributed by atoms with Crippen LogP contribution in [0.25, 0.3) is 0 Å². The average molecular weight is 529 g/mol. The number of amides is 3. The van der Waals surface area contributed by atoms with Crippen molar-refractivity contribution in [3.8, 4) is 0 Å². The van der Waals surface area contributed by atoms with E-state index >= 15 is 4.39 Å². The van der Waals surface area contributed by atoms with Crippen molar-refractivity contribution in [2.45, 2.75) is 69.1 Å². The zero-order valence-electron chi connectivity index (χ0n) is 20.6. The number of nitrogens with two attached hydrogens (primary N) is 1. The van der Waals surface area contributed by atoms with Crippen LogP contribution in [0, 0.1) is 11.7 Å².